The Morgan fingerprint density at radius 2 is 1.78 bits per heavy atom. The summed E-state index contributed by atoms with van der Waals surface area (Å²) in [6, 6.07) is 13.5. The van der Waals surface area contributed by atoms with Crippen LogP contribution < -0.4 is 10.2 Å². The number of nitrogens with zero attached hydrogens (tertiary/aromatic N) is 1. The Labute approximate surface area is 156 Å². The number of carbonyl (C=O) groups excluding carboxylic acids is 3. The number of anilines is 2. The number of rotatable bonds is 6. The van der Waals surface area contributed by atoms with Gasteiger partial charge in [0.05, 0.1) is 30.2 Å². The maximum Gasteiger partial charge on any atom is 0.338 e. The van der Waals surface area contributed by atoms with Crippen molar-refractivity contribution < 1.29 is 23.9 Å². The van der Waals surface area contributed by atoms with E-state index in [4.69, 9.17) is 9.47 Å². The SMILES string of the molecule is O=Cc1ccc(C(=O)OCC(=O)Nc2ccccc2N2CCOCC2)cc1. The van der Waals surface area contributed by atoms with Crippen LogP contribution in [0.1, 0.15) is 20.7 Å². The van der Waals surface area contributed by atoms with Gasteiger partial charge in [0.1, 0.15) is 6.29 Å². The summed E-state index contributed by atoms with van der Waals surface area (Å²) in [7, 11) is 0. The Bertz CT molecular complexity index is 813. The zero-order valence-electron chi connectivity index (χ0n) is 14.7. The van der Waals surface area contributed by atoms with Gasteiger partial charge in [-0.15, -0.1) is 0 Å². The summed E-state index contributed by atoms with van der Waals surface area (Å²) in [5, 5.41) is 2.79. The largest absolute Gasteiger partial charge is 0.452 e. The molecule has 7 nitrogen and oxygen atoms in total. The third kappa shape index (κ3) is 4.92. The fraction of sp³-hybridized carbons (Fsp3) is 0.250. The average molecular weight is 368 g/mol. The lowest BCUT2D eigenvalue weighted by atomic mass is 10.1. The number of ether oxygens (including phenoxy) is 2. The van der Waals surface area contributed by atoms with E-state index in [1.165, 1.54) is 24.3 Å². The van der Waals surface area contributed by atoms with Crippen molar-refractivity contribution in [3.8, 4) is 0 Å². The molecule has 1 fully saturated rings. The highest BCUT2D eigenvalue weighted by Gasteiger charge is 2.16. The number of benzene rings is 2. The summed E-state index contributed by atoms with van der Waals surface area (Å²) >= 11 is 0. The van der Waals surface area contributed by atoms with Gasteiger partial charge in [0, 0.05) is 18.7 Å². The molecule has 1 aliphatic rings. The molecule has 1 saturated heterocycles. The molecule has 0 spiro atoms. The predicted molar refractivity (Wildman–Crippen MR) is 100 cm³/mol. The first kappa shape index (κ1) is 18.6. The second-order valence-electron chi connectivity index (χ2n) is 5.98. The topological polar surface area (TPSA) is 84.9 Å². The second kappa shape index (κ2) is 8.95. The molecule has 7 heteroatoms. The highest BCUT2D eigenvalue weighted by atomic mass is 16.5. The van der Waals surface area contributed by atoms with Crippen molar-refractivity contribution in [2.45, 2.75) is 0 Å². The minimum atomic E-state index is -0.621. The van der Waals surface area contributed by atoms with Crippen molar-refractivity contribution >= 4 is 29.5 Å². The van der Waals surface area contributed by atoms with E-state index < -0.39 is 18.5 Å². The Morgan fingerprint density at radius 1 is 1.07 bits per heavy atom. The van der Waals surface area contributed by atoms with Gasteiger partial charge >= 0.3 is 5.97 Å². The fourth-order valence-electron chi connectivity index (χ4n) is 2.76. The molecule has 2 aromatic rings. The molecule has 0 aliphatic carbocycles. The van der Waals surface area contributed by atoms with Gasteiger partial charge in [0.25, 0.3) is 5.91 Å². The van der Waals surface area contributed by atoms with E-state index in [0.29, 0.717) is 30.8 Å². The summed E-state index contributed by atoms with van der Waals surface area (Å²) in [5.41, 5.74) is 2.31. The van der Waals surface area contributed by atoms with Crippen molar-refractivity contribution in [2.75, 3.05) is 43.1 Å². The lowest BCUT2D eigenvalue weighted by Gasteiger charge is -2.30. The summed E-state index contributed by atoms with van der Waals surface area (Å²) in [6.07, 6.45) is 0.689. The molecule has 0 radical (unpaired) electrons. The molecule has 0 bridgehead atoms. The van der Waals surface area contributed by atoms with Crippen LogP contribution in [0.5, 0.6) is 0 Å². The molecule has 1 aliphatic heterocycles. The number of morpholine rings is 1. The minimum Gasteiger partial charge on any atom is -0.452 e. The van der Waals surface area contributed by atoms with Crippen LogP contribution in [0.4, 0.5) is 11.4 Å². The molecule has 140 valence electrons. The molecule has 0 aromatic heterocycles. The van der Waals surface area contributed by atoms with Crippen molar-refractivity contribution in [2.24, 2.45) is 0 Å². The quantitative estimate of drug-likeness (QED) is 0.621. The number of amides is 1. The summed E-state index contributed by atoms with van der Waals surface area (Å²) in [4.78, 5) is 37.0. The zero-order chi connectivity index (χ0) is 19.1. The number of hydrogen-bond donors (Lipinski definition) is 1. The molecule has 3 rings (SSSR count). The number of nitrogens with one attached hydrogen (secondary N) is 1. The number of esters is 1. The van der Waals surface area contributed by atoms with Crippen LogP contribution >= 0.6 is 0 Å². The van der Waals surface area contributed by atoms with Crippen molar-refractivity contribution in [1.29, 1.82) is 0 Å². The van der Waals surface area contributed by atoms with E-state index in [0.717, 1.165) is 18.8 Å². The first-order chi connectivity index (χ1) is 13.2. The number of carbonyl (C=O) groups is 3. The van der Waals surface area contributed by atoms with E-state index in [1.54, 1.807) is 0 Å². The molecule has 0 atom stereocenters. The van der Waals surface area contributed by atoms with Gasteiger partial charge in [0.15, 0.2) is 6.61 Å². The highest BCUT2D eigenvalue weighted by Crippen LogP contribution is 2.26. The van der Waals surface area contributed by atoms with Gasteiger partial charge in [0.2, 0.25) is 0 Å². The Hall–Kier alpha value is -3.19. The average Bonchev–Trinajstić information content (AvgIpc) is 2.73. The van der Waals surface area contributed by atoms with Gasteiger partial charge in [-0.1, -0.05) is 24.3 Å². The lowest BCUT2D eigenvalue weighted by Crippen LogP contribution is -2.36. The van der Waals surface area contributed by atoms with Crippen LogP contribution in [-0.2, 0) is 14.3 Å². The molecule has 1 N–H and O–H groups in total. The van der Waals surface area contributed by atoms with Gasteiger partial charge < -0.3 is 19.7 Å². The maximum absolute atomic E-state index is 12.2. The monoisotopic (exact) mass is 368 g/mol. The van der Waals surface area contributed by atoms with Crippen LogP contribution in [0.3, 0.4) is 0 Å². The van der Waals surface area contributed by atoms with Crippen molar-refractivity contribution in [3.05, 3.63) is 59.7 Å². The van der Waals surface area contributed by atoms with Crippen LogP contribution in [0, 0.1) is 0 Å². The van der Waals surface area contributed by atoms with Crippen molar-refractivity contribution in [1.82, 2.24) is 0 Å². The third-order valence-corrected chi connectivity index (χ3v) is 4.15. The molecular weight excluding hydrogens is 348 g/mol. The van der Waals surface area contributed by atoms with Crippen molar-refractivity contribution in [3.63, 3.8) is 0 Å². The van der Waals surface area contributed by atoms with Crippen LogP contribution in [0.2, 0.25) is 0 Å². The van der Waals surface area contributed by atoms with E-state index >= 15 is 0 Å². The number of hydrogen-bond acceptors (Lipinski definition) is 6. The Kier molecular flexibility index (Phi) is 6.17. The first-order valence-corrected chi connectivity index (χ1v) is 8.61. The Morgan fingerprint density at radius 3 is 2.48 bits per heavy atom. The van der Waals surface area contributed by atoms with E-state index in [1.807, 2.05) is 24.3 Å². The Balaban J connectivity index is 1.57. The third-order valence-electron chi connectivity index (χ3n) is 4.15. The number of para-hydroxylation sites is 2. The minimum absolute atomic E-state index is 0.280. The lowest BCUT2D eigenvalue weighted by molar-refractivity contribution is -0.119. The van der Waals surface area contributed by atoms with Gasteiger partial charge in [-0.05, 0) is 24.3 Å². The summed E-state index contributed by atoms with van der Waals surface area (Å²) in [6.45, 7) is 2.38. The molecule has 27 heavy (non-hydrogen) atoms. The highest BCUT2D eigenvalue weighted by molar-refractivity contribution is 5.97. The standard InChI is InChI=1S/C20H20N2O5/c23-13-15-5-7-16(8-6-15)20(25)27-14-19(24)21-17-3-1-2-4-18(17)22-9-11-26-12-10-22/h1-8,13H,9-12,14H2,(H,21,24). The molecule has 0 saturated carbocycles. The molecule has 2 aromatic carbocycles. The summed E-state index contributed by atoms with van der Waals surface area (Å²) in [5.74, 6) is -1.04. The van der Waals surface area contributed by atoms with E-state index in [2.05, 4.69) is 10.2 Å². The maximum atomic E-state index is 12.2. The zero-order valence-corrected chi connectivity index (χ0v) is 14.7. The van der Waals surface area contributed by atoms with Gasteiger partial charge in [-0.3, -0.25) is 9.59 Å². The van der Waals surface area contributed by atoms with Gasteiger partial charge in [-0.25, -0.2) is 4.79 Å². The first-order valence-electron chi connectivity index (χ1n) is 8.61. The summed E-state index contributed by atoms with van der Waals surface area (Å²) < 4.78 is 10.4. The molecule has 0 unspecified atom stereocenters. The second-order valence-corrected chi connectivity index (χ2v) is 5.98. The van der Waals surface area contributed by atoms with E-state index in [9.17, 15) is 14.4 Å². The van der Waals surface area contributed by atoms with Crippen LogP contribution in [0.25, 0.3) is 0 Å². The number of aldehydes is 1. The van der Waals surface area contributed by atoms with Crippen LogP contribution in [0.15, 0.2) is 48.5 Å². The van der Waals surface area contributed by atoms with Crippen LogP contribution in [-0.4, -0.2) is 51.1 Å². The fourth-order valence-corrected chi connectivity index (χ4v) is 2.76. The smallest absolute Gasteiger partial charge is 0.338 e. The predicted octanol–water partition coefficient (Wildman–Crippen LogP) is 2.13. The van der Waals surface area contributed by atoms with Gasteiger partial charge in [-0.2, -0.15) is 0 Å². The molecule has 1 amide bonds. The molecular formula is C20H20N2O5. The normalized spacial score (nSPS) is 13.7. The van der Waals surface area contributed by atoms with E-state index in [-0.39, 0.29) is 5.56 Å². The molecule has 1 heterocycles.